The van der Waals surface area contributed by atoms with Crippen LogP contribution in [0.25, 0.3) is 0 Å². The van der Waals surface area contributed by atoms with Gasteiger partial charge in [-0.3, -0.25) is 4.79 Å². The molecule has 0 aliphatic carbocycles. The van der Waals surface area contributed by atoms with Crippen LogP contribution in [0.4, 0.5) is 0 Å². The topological polar surface area (TPSA) is 120 Å². The van der Waals surface area contributed by atoms with Gasteiger partial charge in [0.25, 0.3) is 5.82 Å². The normalized spacial score (nSPS) is 10.4. The van der Waals surface area contributed by atoms with Crippen molar-refractivity contribution < 1.29 is 19.1 Å². The highest BCUT2D eigenvalue weighted by atomic mass is 16.5. The maximum Gasteiger partial charge on any atom is 0.378 e. The second-order valence-electron chi connectivity index (χ2n) is 3.48. The summed E-state index contributed by atoms with van der Waals surface area (Å²) in [7, 11) is 0. The summed E-state index contributed by atoms with van der Waals surface area (Å²) in [6.45, 7) is 1.82. The number of carbonyl (C=O) groups excluding carboxylic acids is 1. The van der Waals surface area contributed by atoms with E-state index in [2.05, 4.69) is 15.5 Å². The first-order valence-corrected chi connectivity index (χ1v) is 5.35. The highest BCUT2D eigenvalue weighted by molar-refractivity contribution is 5.85. The maximum absolute atomic E-state index is 11.5. The Labute approximate surface area is 106 Å². The molecular weight excluding hydrogens is 256 g/mol. The summed E-state index contributed by atoms with van der Waals surface area (Å²) in [5.74, 6) is -1.07. The molecule has 0 saturated heterocycles. The van der Waals surface area contributed by atoms with Crippen LogP contribution in [-0.2, 0) is 11.3 Å². The monoisotopic (exact) mass is 266 g/mol. The third-order valence-electron chi connectivity index (χ3n) is 2.16. The molecule has 0 radical (unpaired) electrons. The van der Waals surface area contributed by atoms with Gasteiger partial charge in [-0.2, -0.15) is 0 Å². The lowest BCUT2D eigenvalue weighted by molar-refractivity contribution is 0.0504. The molecule has 0 saturated carbocycles. The first-order chi connectivity index (χ1) is 9.11. The Kier molecular flexibility index (Phi) is 3.55. The third-order valence-corrected chi connectivity index (χ3v) is 2.16. The van der Waals surface area contributed by atoms with Crippen LogP contribution in [0.3, 0.4) is 0 Å². The molecule has 0 aliphatic heterocycles. The molecule has 1 N–H and O–H groups in total. The number of tetrazole rings is 1. The smallest absolute Gasteiger partial charge is 0.378 e. The molecule has 2 aromatic heterocycles. The highest BCUT2D eigenvalue weighted by Gasteiger charge is 2.17. The van der Waals surface area contributed by atoms with Crippen molar-refractivity contribution in [2.45, 2.75) is 13.5 Å². The van der Waals surface area contributed by atoms with Crippen LogP contribution >= 0.6 is 0 Å². The molecule has 9 nitrogen and oxygen atoms in total. The van der Waals surface area contributed by atoms with Gasteiger partial charge in [-0.25, -0.2) is 9.48 Å². The molecule has 2 aromatic rings. The summed E-state index contributed by atoms with van der Waals surface area (Å²) in [6, 6.07) is 1.09. The van der Waals surface area contributed by atoms with E-state index in [9.17, 15) is 9.59 Å². The average Bonchev–Trinajstić information content (AvgIpc) is 2.82. The van der Waals surface area contributed by atoms with E-state index in [0.29, 0.717) is 0 Å². The minimum atomic E-state index is -0.673. The second-order valence-corrected chi connectivity index (χ2v) is 3.48. The van der Waals surface area contributed by atoms with Crippen molar-refractivity contribution in [3.05, 3.63) is 34.1 Å². The van der Waals surface area contributed by atoms with Crippen molar-refractivity contribution in [2.75, 3.05) is 6.61 Å². The molecule has 0 aliphatic rings. The highest BCUT2D eigenvalue weighted by Crippen LogP contribution is 2.06. The second kappa shape index (κ2) is 5.29. The van der Waals surface area contributed by atoms with Crippen LogP contribution in [0.2, 0.25) is 0 Å². The predicted octanol–water partition coefficient (Wildman–Crippen LogP) is -0.443. The Bertz CT molecular complexity index is 647. The van der Waals surface area contributed by atoms with Gasteiger partial charge in [-0.15, -0.1) is 5.10 Å². The van der Waals surface area contributed by atoms with Gasteiger partial charge < -0.3 is 14.3 Å². The van der Waals surface area contributed by atoms with E-state index < -0.39 is 17.1 Å². The molecule has 0 atom stereocenters. The molecule has 2 rings (SSSR count). The molecular formula is C10H10N4O5. The fourth-order valence-electron chi connectivity index (χ4n) is 1.33. The van der Waals surface area contributed by atoms with E-state index in [-0.39, 0.29) is 24.7 Å². The fraction of sp³-hybridized carbons (Fsp3) is 0.300. The summed E-state index contributed by atoms with van der Waals surface area (Å²) in [6.07, 6.45) is 0.909. The number of ether oxygens (including phenoxy) is 1. The Morgan fingerprint density at radius 1 is 1.58 bits per heavy atom. The van der Waals surface area contributed by atoms with Crippen molar-refractivity contribution in [1.29, 1.82) is 0 Å². The van der Waals surface area contributed by atoms with Gasteiger partial charge in [0.15, 0.2) is 5.75 Å². The SMILES string of the molecule is CCOC(=O)c1nnnn1Cc1cc(=O)c(O)co1. The van der Waals surface area contributed by atoms with E-state index in [1.54, 1.807) is 6.92 Å². The molecule has 0 fully saturated rings. The van der Waals surface area contributed by atoms with Crippen LogP contribution in [0, 0.1) is 0 Å². The van der Waals surface area contributed by atoms with Gasteiger partial charge in [-0.05, 0) is 17.4 Å². The van der Waals surface area contributed by atoms with E-state index in [0.717, 1.165) is 17.0 Å². The number of aromatic nitrogens is 4. The minimum Gasteiger partial charge on any atom is -0.502 e. The number of hydrogen-bond acceptors (Lipinski definition) is 8. The lowest BCUT2D eigenvalue weighted by atomic mass is 10.3. The molecule has 0 aromatic carbocycles. The summed E-state index contributed by atoms with van der Waals surface area (Å²) in [4.78, 5) is 22.7. The lowest BCUT2D eigenvalue weighted by Gasteiger charge is -2.03. The van der Waals surface area contributed by atoms with Gasteiger partial charge in [-0.1, -0.05) is 0 Å². The van der Waals surface area contributed by atoms with Crippen LogP contribution in [0.1, 0.15) is 23.3 Å². The number of nitrogens with zero attached hydrogens (tertiary/aromatic N) is 4. The summed E-state index contributed by atoms with van der Waals surface area (Å²) in [5, 5.41) is 19.5. The number of aromatic hydroxyl groups is 1. The molecule has 0 spiro atoms. The zero-order chi connectivity index (χ0) is 13.8. The van der Waals surface area contributed by atoms with Crippen molar-refractivity contribution >= 4 is 5.97 Å². The zero-order valence-electron chi connectivity index (χ0n) is 9.94. The van der Waals surface area contributed by atoms with Gasteiger partial charge in [0.2, 0.25) is 5.43 Å². The zero-order valence-corrected chi connectivity index (χ0v) is 9.94. The molecule has 19 heavy (non-hydrogen) atoms. The number of rotatable bonds is 4. The largest absolute Gasteiger partial charge is 0.502 e. The minimum absolute atomic E-state index is 0.0311. The Hall–Kier alpha value is -2.71. The van der Waals surface area contributed by atoms with E-state index in [1.165, 1.54) is 0 Å². The molecule has 0 amide bonds. The number of hydrogen-bond donors (Lipinski definition) is 1. The van der Waals surface area contributed by atoms with Crippen LogP contribution in [0.15, 0.2) is 21.5 Å². The maximum atomic E-state index is 11.5. The van der Waals surface area contributed by atoms with E-state index in [1.807, 2.05) is 0 Å². The number of carbonyl (C=O) groups is 1. The fourth-order valence-corrected chi connectivity index (χ4v) is 1.33. The predicted molar refractivity (Wildman–Crippen MR) is 59.5 cm³/mol. The van der Waals surface area contributed by atoms with Gasteiger partial charge >= 0.3 is 5.97 Å². The average molecular weight is 266 g/mol. The first kappa shape index (κ1) is 12.7. The Morgan fingerprint density at radius 3 is 3.05 bits per heavy atom. The van der Waals surface area contributed by atoms with Crippen molar-refractivity contribution in [3.63, 3.8) is 0 Å². The Balaban J connectivity index is 2.24. The Morgan fingerprint density at radius 2 is 2.37 bits per heavy atom. The van der Waals surface area contributed by atoms with Gasteiger partial charge in [0, 0.05) is 6.07 Å². The summed E-state index contributed by atoms with van der Waals surface area (Å²) >= 11 is 0. The van der Waals surface area contributed by atoms with Crippen molar-refractivity contribution in [2.24, 2.45) is 0 Å². The van der Waals surface area contributed by atoms with Crippen LogP contribution in [0.5, 0.6) is 5.75 Å². The van der Waals surface area contributed by atoms with Crippen molar-refractivity contribution in [3.8, 4) is 5.75 Å². The van der Waals surface area contributed by atoms with Crippen molar-refractivity contribution in [1.82, 2.24) is 20.2 Å². The summed E-state index contributed by atoms with van der Waals surface area (Å²) in [5.41, 5.74) is -0.591. The van der Waals surface area contributed by atoms with E-state index >= 15 is 0 Å². The summed E-state index contributed by atoms with van der Waals surface area (Å²) < 4.78 is 10.9. The molecule has 2 heterocycles. The molecule has 100 valence electrons. The van der Waals surface area contributed by atoms with E-state index in [4.69, 9.17) is 14.3 Å². The van der Waals surface area contributed by atoms with Crippen LogP contribution < -0.4 is 5.43 Å². The van der Waals surface area contributed by atoms with Gasteiger partial charge in [0.1, 0.15) is 18.6 Å². The number of esters is 1. The van der Waals surface area contributed by atoms with Gasteiger partial charge in [0.05, 0.1) is 6.61 Å². The third kappa shape index (κ3) is 2.76. The lowest BCUT2D eigenvalue weighted by Crippen LogP contribution is -2.15. The molecule has 9 heteroatoms. The first-order valence-electron chi connectivity index (χ1n) is 5.35. The molecule has 0 unspecified atom stereocenters. The quantitative estimate of drug-likeness (QED) is 0.739. The molecule has 0 bridgehead atoms. The van der Waals surface area contributed by atoms with Crippen LogP contribution in [-0.4, -0.2) is 37.9 Å². The standard InChI is InChI=1S/C10H10N4O5/c1-2-18-10(17)9-11-12-13-14(9)4-6-3-7(15)8(16)5-19-6/h3,5,16H,2,4H2,1H3.